The average Bonchev–Trinajstić information content (AvgIpc) is 3.36. The van der Waals surface area contributed by atoms with Gasteiger partial charge in [0.15, 0.2) is 0 Å². The minimum atomic E-state index is -0.832. The minimum absolute atomic E-state index is 0.00127. The zero-order chi connectivity index (χ0) is 22.5. The van der Waals surface area contributed by atoms with E-state index in [9.17, 15) is 23.1 Å². The number of aliphatic hydroxyl groups is 1. The molecule has 0 unspecified atom stereocenters. The maximum atomic E-state index is 14.5. The second kappa shape index (κ2) is 7.49. The standard InChI is InChI=1S/C22H17F3N4O3/c23-12-4-2-11(3-5-12)17-16(14-8-13(24)9-15(25)18(14)26-17)20-28-29-21(32-20)19(31)27-22(10-30)6-1-7-22/h2-5,8-9,26,30H,1,6-7,10H2,(H,27,31). The van der Waals surface area contributed by atoms with E-state index < -0.39 is 28.9 Å². The van der Waals surface area contributed by atoms with E-state index in [0.29, 0.717) is 24.1 Å². The Morgan fingerprint density at radius 1 is 1.12 bits per heavy atom. The molecule has 0 aliphatic heterocycles. The van der Waals surface area contributed by atoms with Gasteiger partial charge < -0.3 is 19.8 Å². The van der Waals surface area contributed by atoms with Gasteiger partial charge in [0.25, 0.3) is 5.89 Å². The Morgan fingerprint density at radius 3 is 2.53 bits per heavy atom. The molecule has 0 saturated heterocycles. The highest BCUT2D eigenvalue weighted by molar-refractivity contribution is 6.02. The van der Waals surface area contributed by atoms with Crippen LogP contribution in [0.3, 0.4) is 0 Å². The molecule has 1 aliphatic rings. The van der Waals surface area contributed by atoms with Crippen molar-refractivity contribution in [2.24, 2.45) is 0 Å². The number of aliphatic hydroxyl groups excluding tert-OH is 1. The van der Waals surface area contributed by atoms with Crippen molar-refractivity contribution in [3.05, 3.63) is 59.7 Å². The number of hydrogen-bond acceptors (Lipinski definition) is 5. The zero-order valence-corrected chi connectivity index (χ0v) is 16.6. The van der Waals surface area contributed by atoms with Crippen LogP contribution in [0.5, 0.6) is 0 Å². The number of carbonyl (C=O) groups excluding carboxylic acids is 1. The molecule has 7 nitrogen and oxygen atoms in total. The molecule has 2 aromatic carbocycles. The number of fused-ring (bicyclic) bond motifs is 1. The van der Waals surface area contributed by atoms with Gasteiger partial charge in [0.2, 0.25) is 0 Å². The summed E-state index contributed by atoms with van der Waals surface area (Å²) >= 11 is 0. The predicted molar refractivity (Wildman–Crippen MR) is 108 cm³/mol. The number of carbonyl (C=O) groups is 1. The molecule has 0 bridgehead atoms. The van der Waals surface area contributed by atoms with Crippen molar-refractivity contribution in [2.45, 2.75) is 24.8 Å². The summed E-state index contributed by atoms with van der Waals surface area (Å²) in [7, 11) is 0. The van der Waals surface area contributed by atoms with Gasteiger partial charge in [-0.15, -0.1) is 10.2 Å². The van der Waals surface area contributed by atoms with Crippen molar-refractivity contribution in [1.82, 2.24) is 20.5 Å². The topological polar surface area (TPSA) is 104 Å². The number of hydrogen-bond donors (Lipinski definition) is 3. The second-order valence-electron chi connectivity index (χ2n) is 7.85. The van der Waals surface area contributed by atoms with Crippen LogP contribution in [0, 0.1) is 17.5 Å². The maximum Gasteiger partial charge on any atom is 0.309 e. The average molecular weight is 442 g/mol. The van der Waals surface area contributed by atoms with Crippen LogP contribution in [0.1, 0.15) is 29.9 Å². The first kappa shape index (κ1) is 20.3. The number of amides is 1. The molecule has 1 fully saturated rings. The molecule has 1 aliphatic carbocycles. The molecule has 5 rings (SSSR count). The number of aromatic amines is 1. The second-order valence-corrected chi connectivity index (χ2v) is 7.85. The predicted octanol–water partition coefficient (Wildman–Crippen LogP) is 3.95. The minimum Gasteiger partial charge on any atom is -0.412 e. The number of aromatic nitrogens is 3. The van der Waals surface area contributed by atoms with E-state index in [2.05, 4.69) is 20.5 Å². The fraction of sp³-hybridized carbons (Fsp3) is 0.227. The fourth-order valence-corrected chi connectivity index (χ4v) is 3.91. The molecule has 10 heteroatoms. The van der Waals surface area contributed by atoms with Crippen LogP contribution in [0.2, 0.25) is 0 Å². The lowest BCUT2D eigenvalue weighted by Gasteiger charge is -2.40. The number of rotatable bonds is 5. The van der Waals surface area contributed by atoms with Gasteiger partial charge in [0.1, 0.15) is 17.5 Å². The normalized spacial score (nSPS) is 15.0. The maximum absolute atomic E-state index is 14.5. The Labute approximate surface area is 179 Å². The summed E-state index contributed by atoms with van der Waals surface area (Å²) in [5, 5.41) is 20.1. The molecule has 3 N–H and O–H groups in total. The SMILES string of the molecule is O=C(NC1(CO)CCC1)c1nnc(-c2c(-c3ccc(F)cc3)[nH]c3c(F)cc(F)cc23)o1. The first-order valence-electron chi connectivity index (χ1n) is 9.93. The molecule has 0 radical (unpaired) electrons. The monoisotopic (exact) mass is 442 g/mol. The van der Waals surface area contributed by atoms with E-state index in [-0.39, 0.29) is 34.9 Å². The summed E-state index contributed by atoms with van der Waals surface area (Å²) in [4.78, 5) is 15.4. The van der Waals surface area contributed by atoms with Gasteiger partial charge in [-0.05, 0) is 55.2 Å². The van der Waals surface area contributed by atoms with Gasteiger partial charge in [-0.2, -0.15) is 0 Å². The zero-order valence-electron chi connectivity index (χ0n) is 16.6. The van der Waals surface area contributed by atoms with Gasteiger partial charge in [-0.3, -0.25) is 4.79 Å². The van der Waals surface area contributed by atoms with Crippen LogP contribution in [0.25, 0.3) is 33.6 Å². The Kier molecular flexibility index (Phi) is 4.74. The molecule has 0 atom stereocenters. The summed E-state index contributed by atoms with van der Waals surface area (Å²) < 4.78 is 47.4. The Hall–Kier alpha value is -3.66. The summed E-state index contributed by atoms with van der Waals surface area (Å²) in [5.41, 5.74) is 0.231. The highest BCUT2D eigenvalue weighted by Gasteiger charge is 2.39. The number of benzene rings is 2. The third kappa shape index (κ3) is 3.32. The van der Waals surface area contributed by atoms with Gasteiger partial charge in [-0.25, -0.2) is 13.2 Å². The summed E-state index contributed by atoms with van der Waals surface area (Å²) in [6.07, 6.45) is 2.14. The lowest BCUT2D eigenvalue weighted by atomic mass is 9.77. The number of H-pyrrole nitrogens is 1. The van der Waals surface area contributed by atoms with Gasteiger partial charge in [0, 0.05) is 11.5 Å². The van der Waals surface area contributed by atoms with Crippen LogP contribution >= 0.6 is 0 Å². The largest absolute Gasteiger partial charge is 0.412 e. The van der Waals surface area contributed by atoms with Crippen molar-refractivity contribution in [2.75, 3.05) is 6.61 Å². The van der Waals surface area contributed by atoms with Gasteiger partial charge in [-0.1, -0.05) is 0 Å². The van der Waals surface area contributed by atoms with Crippen molar-refractivity contribution in [3.63, 3.8) is 0 Å². The first-order chi connectivity index (χ1) is 15.4. The summed E-state index contributed by atoms with van der Waals surface area (Å²) in [6, 6.07) is 7.21. The van der Waals surface area contributed by atoms with Crippen molar-refractivity contribution < 1.29 is 27.5 Å². The summed E-state index contributed by atoms with van der Waals surface area (Å²) in [5.74, 6) is -3.25. The molecular weight excluding hydrogens is 425 g/mol. The van der Waals surface area contributed by atoms with Crippen LogP contribution in [0.15, 0.2) is 40.8 Å². The molecule has 32 heavy (non-hydrogen) atoms. The number of halogens is 3. The van der Waals surface area contributed by atoms with E-state index in [1.165, 1.54) is 24.3 Å². The van der Waals surface area contributed by atoms with Crippen molar-refractivity contribution in [1.29, 1.82) is 0 Å². The number of nitrogens with one attached hydrogen (secondary N) is 2. The molecule has 1 saturated carbocycles. The quantitative estimate of drug-likeness (QED) is 0.434. The fourth-order valence-electron chi connectivity index (χ4n) is 3.91. The van der Waals surface area contributed by atoms with Crippen LogP contribution < -0.4 is 5.32 Å². The van der Waals surface area contributed by atoms with Crippen molar-refractivity contribution in [3.8, 4) is 22.7 Å². The Balaban J connectivity index is 1.61. The molecule has 2 aromatic heterocycles. The van der Waals surface area contributed by atoms with Gasteiger partial charge in [0.05, 0.1) is 28.9 Å². The lowest BCUT2D eigenvalue weighted by molar-refractivity contribution is 0.0614. The third-order valence-corrected chi connectivity index (χ3v) is 5.78. The summed E-state index contributed by atoms with van der Waals surface area (Å²) in [6.45, 7) is -0.213. The van der Waals surface area contributed by atoms with E-state index >= 15 is 0 Å². The smallest absolute Gasteiger partial charge is 0.309 e. The van der Waals surface area contributed by atoms with Crippen molar-refractivity contribution >= 4 is 16.8 Å². The van der Waals surface area contributed by atoms with E-state index in [1.54, 1.807) is 0 Å². The molecule has 4 aromatic rings. The van der Waals surface area contributed by atoms with Gasteiger partial charge >= 0.3 is 11.8 Å². The molecule has 2 heterocycles. The lowest BCUT2D eigenvalue weighted by Crippen LogP contribution is -2.56. The first-order valence-corrected chi connectivity index (χ1v) is 9.93. The highest BCUT2D eigenvalue weighted by Crippen LogP contribution is 2.39. The number of nitrogens with zero attached hydrogens (tertiary/aromatic N) is 2. The van der Waals surface area contributed by atoms with Crippen LogP contribution in [0.4, 0.5) is 13.2 Å². The molecule has 1 amide bonds. The van der Waals surface area contributed by atoms with E-state index in [0.717, 1.165) is 18.6 Å². The van der Waals surface area contributed by atoms with E-state index in [4.69, 9.17) is 4.42 Å². The highest BCUT2D eigenvalue weighted by atomic mass is 19.1. The Bertz CT molecular complexity index is 1320. The molecule has 0 spiro atoms. The van der Waals surface area contributed by atoms with Crippen LogP contribution in [-0.2, 0) is 0 Å². The van der Waals surface area contributed by atoms with E-state index in [1.807, 2.05) is 0 Å². The third-order valence-electron chi connectivity index (χ3n) is 5.78. The van der Waals surface area contributed by atoms with Crippen LogP contribution in [-0.4, -0.2) is 38.3 Å². The Morgan fingerprint density at radius 2 is 1.88 bits per heavy atom. The molecule has 164 valence electrons. The molecular formula is C22H17F3N4O3.